The first-order chi connectivity index (χ1) is 18.0. The second kappa shape index (κ2) is 11.6. The molecule has 0 spiro atoms. The Kier molecular flexibility index (Phi) is 8.77. The Bertz CT molecular complexity index is 1380. The van der Waals surface area contributed by atoms with Crippen molar-refractivity contribution in [1.29, 1.82) is 0 Å². The molecule has 6 nitrogen and oxygen atoms in total. The lowest BCUT2D eigenvalue weighted by molar-refractivity contribution is 0.321. The van der Waals surface area contributed by atoms with Crippen LogP contribution in [0.15, 0.2) is 27.6 Å². The van der Waals surface area contributed by atoms with Gasteiger partial charge in [0.2, 0.25) is 0 Å². The molecule has 0 saturated carbocycles. The largest absolute Gasteiger partial charge is 0.411 e. The minimum atomic E-state index is 0.704. The van der Waals surface area contributed by atoms with E-state index in [1.54, 1.807) is 0 Å². The zero-order chi connectivity index (χ0) is 28.3. The minimum Gasteiger partial charge on any atom is -0.411 e. The molecule has 38 heavy (non-hydrogen) atoms. The first-order valence-corrected chi connectivity index (χ1v) is 12.8. The molecular formula is C32H39N3O3. The number of oxime groups is 3. The molecular weight excluding hydrogens is 474 g/mol. The third kappa shape index (κ3) is 5.21. The molecule has 0 unspecified atom stereocenters. The van der Waals surface area contributed by atoms with Crippen LogP contribution in [0, 0.1) is 62.3 Å². The van der Waals surface area contributed by atoms with Crippen LogP contribution in [0.25, 0.3) is 0 Å². The van der Waals surface area contributed by atoms with Gasteiger partial charge >= 0.3 is 0 Å². The second-order valence-electron chi connectivity index (χ2n) is 10.4. The van der Waals surface area contributed by atoms with Gasteiger partial charge in [-0.1, -0.05) is 27.6 Å². The SMILES string of the molecule is Cc1cc(C)c(Cc2c(C)c(/C=N/O)c(C)c(Cc3c(C)cc(C)c(/C=N/O)c3C)c2C)c(C)c1/C=N/O. The van der Waals surface area contributed by atoms with Gasteiger partial charge in [-0.15, -0.1) is 0 Å². The first-order valence-electron chi connectivity index (χ1n) is 12.8. The molecule has 0 aliphatic rings. The van der Waals surface area contributed by atoms with Crippen LogP contribution in [-0.2, 0) is 12.8 Å². The zero-order valence-electron chi connectivity index (χ0n) is 24.0. The number of hydrogen-bond acceptors (Lipinski definition) is 6. The highest BCUT2D eigenvalue weighted by Crippen LogP contribution is 2.34. The molecule has 3 aromatic rings. The van der Waals surface area contributed by atoms with Crippen molar-refractivity contribution in [2.24, 2.45) is 15.5 Å². The maximum Gasteiger partial charge on any atom is 0.0739 e. The van der Waals surface area contributed by atoms with Gasteiger partial charge in [0.25, 0.3) is 0 Å². The first kappa shape index (κ1) is 28.6. The van der Waals surface area contributed by atoms with Gasteiger partial charge in [-0.05, 0) is 147 Å². The number of hydrogen-bond donors (Lipinski definition) is 3. The standard InChI is InChI=1S/C32H39N3O3/c1-17-10-19(3)30(14-33-36)21(5)26(17)12-28-23(7)29(25(9)32(16-35-38)24(28)8)13-27-18(2)11-20(4)31(15-34-37)22(27)6/h10-11,14-16,36-38H,12-13H2,1-9H3/b33-14+,34-15+,35-16+. The summed E-state index contributed by atoms with van der Waals surface area (Å²) in [5.74, 6) is 0. The van der Waals surface area contributed by atoms with Gasteiger partial charge in [-0.3, -0.25) is 0 Å². The summed E-state index contributed by atoms with van der Waals surface area (Å²) in [7, 11) is 0. The molecule has 0 bridgehead atoms. The summed E-state index contributed by atoms with van der Waals surface area (Å²) in [6, 6.07) is 4.27. The van der Waals surface area contributed by atoms with Crippen molar-refractivity contribution in [1.82, 2.24) is 0 Å². The van der Waals surface area contributed by atoms with Gasteiger partial charge in [0.1, 0.15) is 0 Å². The van der Waals surface area contributed by atoms with Crippen LogP contribution >= 0.6 is 0 Å². The number of benzene rings is 3. The van der Waals surface area contributed by atoms with E-state index < -0.39 is 0 Å². The lowest BCUT2D eigenvalue weighted by atomic mass is 9.80. The molecule has 0 radical (unpaired) electrons. The lowest BCUT2D eigenvalue weighted by Gasteiger charge is -2.24. The van der Waals surface area contributed by atoms with Crippen molar-refractivity contribution in [2.75, 3.05) is 0 Å². The van der Waals surface area contributed by atoms with Crippen LogP contribution in [-0.4, -0.2) is 34.3 Å². The van der Waals surface area contributed by atoms with Crippen molar-refractivity contribution in [3.63, 3.8) is 0 Å². The number of aryl methyl sites for hydroxylation is 4. The summed E-state index contributed by atoms with van der Waals surface area (Å²) in [6.07, 6.45) is 5.96. The summed E-state index contributed by atoms with van der Waals surface area (Å²) in [4.78, 5) is 0. The molecule has 0 aliphatic heterocycles. The van der Waals surface area contributed by atoms with E-state index in [9.17, 15) is 15.6 Å². The summed E-state index contributed by atoms with van der Waals surface area (Å²) >= 11 is 0. The van der Waals surface area contributed by atoms with E-state index in [4.69, 9.17) is 0 Å². The van der Waals surface area contributed by atoms with Gasteiger partial charge in [0, 0.05) is 16.7 Å². The van der Waals surface area contributed by atoms with Crippen LogP contribution in [0.5, 0.6) is 0 Å². The molecule has 0 heterocycles. The predicted octanol–water partition coefficient (Wildman–Crippen LogP) is 7.07. The molecule has 0 aromatic heterocycles. The van der Waals surface area contributed by atoms with Crippen molar-refractivity contribution < 1.29 is 15.6 Å². The van der Waals surface area contributed by atoms with Crippen molar-refractivity contribution in [3.8, 4) is 0 Å². The third-order valence-electron chi connectivity index (χ3n) is 8.27. The molecule has 6 heteroatoms. The van der Waals surface area contributed by atoms with E-state index >= 15 is 0 Å². The fourth-order valence-electron chi connectivity index (χ4n) is 6.03. The summed E-state index contributed by atoms with van der Waals surface area (Å²) in [5.41, 5.74) is 17.6. The highest BCUT2D eigenvalue weighted by molar-refractivity contribution is 5.87. The molecule has 3 N–H and O–H groups in total. The fraction of sp³-hybridized carbons (Fsp3) is 0.344. The Morgan fingerprint density at radius 3 is 1.11 bits per heavy atom. The number of rotatable bonds is 7. The van der Waals surface area contributed by atoms with Crippen LogP contribution in [0.2, 0.25) is 0 Å². The average Bonchev–Trinajstić information content (AvgIpc) is 2.86. The zero-order valence-corrected chi connectivity index (χ0v) is 24.0. The summed E-state index contributed by atoms with van der Waals surface area (Å²) < 4.78 is 0. The van der Waals surface area contributed by atoms with E-state index in [2.05, 4.69) is 76.1 Å². The van der Waals surface area contributed by atoms with E-state index in [0.717, 1.165) is 50.1 Å². The maximum absolute atomic E-state index is 9.52. The smallest absolute Gasteiger partial charge is 0.0739 e. The molecule has 200 valence electrons. The normalized spacial score (nSPS) is 12.0. The molecule has 0 fully saturated rings. The van der Waals surface area contributed by atoms with Crippen LogP contribution < -0.4 is 0 Å². The van der Waals surface area contributed by atoms with Gasteiger partial charge in [0.05, 0.1) is 18.6 Å². The predicted molar refractivity (Wildman–Crippen MR) is 156 cm³/mol. The average molecular weight is 514 g/mol. The Morgan fingerprint density at radius 2 is 0.763 bits per heavy atom. The van der Waals surface area contributed by atoms with Crippen molar-refractivity contribution >= 4 is 18.6 Å². The van der Waals surface area contributed by atoms with Crippen LogP contribution in [0.4, 0.5) is 0 Å². The van der Waals surface area contributed by atoms with E-state index in [1.165, 1.54) is 57.6 Å². The summed E-state index contributed by atoms with van der Waals surface area (Å²) in [5, 5.41) is 38.0. The van der Waals surface area contributed by atoms with Crippen LogP contribution in [0.1, 0.15) is 89.0 Å². The fourth-order valence-corrected chi connectivity index (χ4v) is 6.03. The van der Waals surface area contributed by atoms with E-state index in [-0.39, 0.29) is 0 Å². The Hall–Kier alpha value is -3.93. The highest BCUT2D eigenvalue weighted by Gasteiger charge is 2.21. The highest BCUT2D eigenvalue weighted by atomic mass is 16.4. The lowest BCUT2D eigenvalue weighted by Crippen LogP contribution is -2.12. The molecule has 0 aliphatic carbocycles. The molecule has 3 rings (SSSR count). The second-order valence-corrected chi connectivity index (χ2v) is 10.4. The van der Waals surface area contributed by atoms with Gasteiger partial charge in [-0.25, -0.2) is 0 Å². The van der Waals surface area contributed by atoms with E-state index in [0.29, 0.717) is 12.8 Å². The van der Waals surface area contributed by atoms with Gasteiger partial charge < -0.3 is 15.6 Å². The summed E-state index contributed by atoms with van der Waals surface area (Å²) in [6.45, 7) is 18.8. The van der Waals surface area contributed by atoms with Crippen LogP contribution in [0.3, 0.4) is 0 Å². The van der Waals surface area contributed by atoms with Crippen molar-refractivity contribution in [2.45, 2.75) is 75.2 Å². The quantitative estimate of drug-likeness (QED) is 0.179. The Labute approximate surface area is 226 Å². The monoisotopic (exact) mass is 513 g/mol. The van der Waals surface area contributed by atoms with Gasteiger partial charge in [0.15, 0.2) is 0 Å². The molecule has 0 amide bonds. The van der Waals surface area contributed by atoms with Gasteiger partial charge in [-0.2, -0.15) is 0 Å². The molecule has 0 atom stereocenters. The minimum absolute atomic E-state index is 0.704. The maximum atomic E-state index is 9.52. The number of nitrogens with zero attached hydrogens (tertiary/aromatic N) is 3. The Morgan fingerprint density at radius 1 is 0.447 bits per heavy atom. The topological polar surface area (TPSA) is 97.8 Å². The molecule has 0 saturated heterocycles. The molecule has 3 aromatic carbocycles. The van der Waals surface area contributed by atoms with E-state index in [1.807, 2.05) is 13.8 Å². The Balaban J connectivity index is 2.29. The third-order valence-corrected chi connectivity index (χ3v) is 8.27. The van der Waals surface area contributed by atoms with Crippen molar-refractivity contribution in [3.05, 3.63) is 101 Å².